The molecule has 1 aliphatic heterocycles. The van der Waals surface area contributed by atoms with Crippen LogP contribution < -0.4 is 14.8 Å². The van der Waals surface area contributed by atoms with Crippen LogP contribution in [-0.2, 0) is 11.4 Å². The summed E-state index contributed by atoms with van der Waals surface area (Å²) < 4.78 is 13.9. The third-order valence-corrected chi connectivity index (χ3v) is 7.90. The maximum atomic E-state index is 13.2. The Morgan fingerprint density at radius 1 is 1.11 bits per heavy atom. The van der Waals surface area contributed by atoms with E-state index in [0.717, 1.165) is 47.4 Å². The summed E-state index contributed by atoms with van der Waals surface area (Å²) >= 11 is 14.0. The van der Waals surface area contributed by atoms with Crippen LogP contribution in [0.2, 0.25) is 10.0 Å². The van der Waals surface area contributed by atoms with Gasteiger partial charge in [0.05, 0.1) is 6.61 Å². The number of rotatable bonds is 9. The highest BCUT2D eigenvalue weighted by atomic mass is 35.5. The molecule has 2 aliphatic rings. The van der Waals surface area contributed by atoms with E-state index >= 15 is 0 Å². The fraction of sp³-hybridized carbons (Fsp3) is 0.370. The molecule has 0 amide bonds. The fourth-order valence-electron chi connectivity index (χ4n) is 4.58. The van der Waals surface area contributed by atoms with E-state index < -0.39 is 0 Å². The molecular weight excluding hydrogens is 531 g/mol. The normalized spacial score (nSPS) is 16.8. The number of ketones is 1. The molecule has 0 radical (unpaired) electrons. The van der Waals surface area contributed by atoms with Crippen LogP contribution in [0.3, 0.4) is 0 Å². The average molecular weight is 560 g/mol. The molecule has 2 aromatic carbocycles. The summed E-state index contributed by atoms with van der Waals surface area (Å²) in [6.45, 7) is 4.78. The summed E-state index contributed by atoms with van der Waals surface area (Å²) in [5.41, 5.74) is 3.40. The molecule has 3 aromatic rings. The van der Waals surface area contributed by atoms with Crippen molar-refractivity contribution in [2.45, 2.75) is 57.3 Å². The topological polar surface area (TPSA) is 78.3 Å². The summed E-state index contributed by atoms with van der Waals surface area (Å²) in [6, 6.07) is 10.7. The Morgan fingerprint density at radius 2 is 1.97 bits per heavy atom. The Labute approximate surface area is 230 Å². The number of fused-ring (bicyclic) bond motifs is 1. The number of hydrogen-bond donors (Lipinski definition) is 1. The van der Waals surface area contributed by atoms with Gasteiger partial charge in [0.2, 0.25) is 11.1 Å². The lowest BCUT2D eigenvalue weighted by Gasteiger charge is -2.32. The lowest BCUT2D eigenvalue weighted by atomic mass is 9.85. The highest BCUT2D eigenvalue weighted by molar-refractivity contribution is 7.99. The van der Waals surface area contributed by atoms with Crippen LogP contribution in [-0.4, -0.2) is 32.9 Å². The van der Waals surface area contributed by atoms with E-state index in [-0.39, 0.29) is 18.4 Å². The van der Waals surface area contributed by atoms with Crippen molar-refractivity contribution in [3.8, 4) is 11.5 Å². The van der Waals surface area contributed by atoms with Crippen LogP contribution in [0.1, 0.15) is 56.7 Å². The van der Waals surface area contributed by atoms with Crippen molar-refractivity contribution in [2.75, 3.05) is 17.7 Å². The zero-order chi connectivity index (χ0) is 25.9. The number of thioether (sulfide) groups is 1. The Morgan fingerprint density at radius 3 is 2.76 bits per heavy atom. The van der Waals surface area contributed by atoms with E-state index in [1.165, 1.54) is 0 Å². The van der Waals surface area contributed by atoms with E-state index in [2.05, 4.69) is 12.2 Å². The van der Waals surface area contributed by atoms with E-state index in [1.54, 1.807) is 23.9 Å². The van der Waals surface area contributed by atoms with E-state index in [1.807, 2.05) is 35.9 Å². The Kier molecular flexibility index (Phi) is 7.98. The summed E-state index contributed by atoms with van der Waals surface area (Å²) in [4.78, 5) is 17.9. The number of anilines is 1. The van der Waals surface area contributed by atoms with Crippen molar-refractivity contribution in [3.63, 3.8) is 0 Å². The number of carbonyl (C=O) groups is 1. The number of benzene rings is 2. The van der Waals surface area contributed by atoms with Gasteiger partial charge in [-0.2, -0.15) is 4.98 Å². The molecule has 0 bridgehead atoms. The van der Waals surface area contributed by atoms with Crippen LogP contribution >= 0.6 is 35.0 Å². The Balaban J connectivity index is 1.51. The van der Waals surface area contributed by atoms with Gasteiger partial charge in [0.15, 0.2) is 17.3 Å². The minimum atomic E-state index is -0.388. The number of aromatic nitrogens is 3. The lowest BCUT2D eigenvalue weighted by Crippen LogP contribution is -2.31. The molecule has 1 unspecified atom stereocenters. The molecule has 1 N–H and O–H groups in total. The molecule has 1 aliphatic carbocycles. The van der Waals surface area contributed by atoms with Gasteiger partial charge in [0, 0.05) is 39.1 Å². The van der Waals surface area contributed by atoms with Crippen molar-refractivity contribution in [2.24, 2.45) is 0 Å². The molecule has 5 rings (SSSR count). The second kappa shape index (κ2) is 11.4. The average Bonchev–Trinajstić information content (AvgIpc) is 3.29. The van der Waals surface area contributed by atoms with Crippen molar-refractivity contribution in [1.29, 1.82) is 0 Å². The van der Waals surface area contributed by atoms with E-state index in [9.17, 15) is 4.79 Å². The van der Waals surface area contributed by atoms with Crippen molar-refractivity contribution >= 4 is 46.7 Å². The van der Waals surface area contributed by atoms with Gasteiger partial charge in [-0.15, -0.1) is 5.10 Å². The molecule has 0 fully saturated rings. The summed E-state index contributed by atoms with van der Waals surface area (Å²) in [5.74, 6) is 2.91. The molecule has 0 saturated carbocycles. The maximum Gasteiger partial charge on any atom is 0.227 e. The summed E-state index contributed by atoms with van der Waals surface area (Å²) in [5, 5.41) is 9.98. The van der Waals surface area contributed by atoms with Gasteiger partial charge in [0.25, 0.3) is 0 Å². The molecule has 10 heteroatoms. The molecule has 7 nitrogen and oxygen atoms in total. The first kappa shape index (κ1) is 25.9. The SMILES string of the molecule is CCCSc1nc2n(n1)C(c1ccc(OCc3ccc(Cl)cc3Cl)c(OCC)c1)C1=C(CCCC1=O)N2. The smallest absolute Gasteiger partial charge is 0.227 e. The van der Waals surface area contributed by atoms with Crippen LogP contribution in [0.5, 0.6) is 11.5 Å². The standard InChI is InChI=1S/C27H28Cl2N4O3S/c1-3-12-37-27-31-26-30-20-6-5-7-21(34)24(20)25(33(26)32-27)16-9-11-22(23(13-16)35-4-2)36-15-17-8-10-18(28)14-19(17)29/h8-11,13-14,25H,3-7,12,15H2,1-2H3,(H,30,31,32). The first-order chi connectivity index (χ1) is 18.0. The Hall–Kier alpha value is -2.68. The number of nitrogens with zero attached hydrogens (tertiary/aromatic N) is 3. The maximum absolute atomic E-state index is 13.2. The molecule has 1 atom stereocenters. The largest absolute Gasteiger partial charge is 0.490 e. The van der Waals surface area contributed by atoms with E-state index in [0.29, 0.717) is 45.7 Å². The van der Waals surface area contributed by atoms with Gasteiger partial charge < -0.3 is 14.8 Å². The quantitative estimate of drug-likeness (QED) is 0.281. The van der Waals surface area contributed by atoms with Gasteiger partial charge >= 0.3 is 0 Å². The molecule has 37 heavy (non-hydrogen) atoms. The van der Waals surface area contributed by atoms with Gasteiger partial charge in [0.1, 0.15) is 12.6 Å². The van der Waals surface area contributed by atoms with Crippen molar-refractivity contribution in [3.05, 3.63) is 68.8 Å². The second-order valence-electron chi connectivity index (χ2n) is 8.87. The predicted octanol–water partition coefficient (Wildman–Crippen LogP) is 7.09. The minimum absolute atomic E-state index is 0.137. The minimum Gasteiger partial charge on any atom is -0.490 e. The van der Waals surface area contributed by atoms with Gasteiger partial charge in [-0.1, -0.05) is 54.0 Å². The van der Waals surface area contributed by atoms with Crippen LogP contribution in [0.15, 0.2) is 52.8 Å². The van der Waals surface area contributed by atoms with Gasteiger partial charge in [-0.05, 0) is 56.0 Å². The van der Waals surface area contributed by atoms with Gasteiger partial charge in [-0.3, -0.25) is 4.79 Å². The molecule has 194 valence electrons. The Bertz CT molecular complexity index is 1360. The van der Waals surface area contributed by atoms with Gasteiger partial charge in [-0.25, -0.2) is 4.68 Å². The first-order valence-electron chi connectivity index (χ1n) is 12.4. The molecule has 0 saturated heterocycles. The highest BCUT2D eigenvalue weighted by Gasteiger charge is 2.37. The van der Waals surface area contributed by atoms with Crippen LogP contribution in [0.25, 0.3) is 0 Å². The molecule has 2 heterocycles. The second-order valence-corrected chi connectivity index (χ2v) is 10.8. The number of nitrogens with one attached hydrogen (secondary N) is 1. The number of carbonyl (C=O) groups excluding carboxylic acids is 1. The summed E-state index contributed by atoms with van der Waals surface area (Å²) in [6.07, 6.45) is 3.19. The summed E-state index contributed by atoms with van der Waals surface area (Å²) in [7, 11) is 0. The van der Waals surface area contributed by atoms with Crippen molar-refractivity contribution in [1.82, 2.24) is 14.8 Å². The lowest BCUT2D eigenvalue weighted by molar-refractivity contribution is -0.116. The highest BCUT2D eigenvalue weighted by Crippen LogP contribution is 2.43. The van der Waals surface area contributed by atoms with Crippen molar-refractivity contribution < 1.29 is 14.3 Å². The van der Waals surface area contributed by atoms with Crippen LogP contribution in [0.4, 0.5) is 5.95 Å². The monoisotopic (exact) mass is 558 g/mol. The third kappa shape index (κ3) is 5.47. The van der Waals surface area contributed by atoms with Crippen LogP contribution in [0, 0.1) is 0 Å². The number of allylic oxidation sites excluding steroid dienone is 2. The number of hydrogen-bond acceptors (Lipinski definition) is 7. The number of ether oxygens (including phenoxy) is 2. The molecule has 0 spiro atoms. The molecule has 1 aromatic heterocycles. The van der Waals surface area contributed by atoms with E-state index in [4.69, 9.17) is 42.8 Å². The fourth-order valence-corrected chi connectivity index (χ4v) is 5.72. The first-order valence-corrected chi connectivity index (χ1v) is 14.2. The molecular formula is C27H28Cl2N4O3S. The third-order valence-electron chi connectivity index (χ3n) is 6.27. The zero-order valence-corrected chi connectivity index (χ0v) is 23.1. The number of halogens is 2. The predicted molar refractivity (Wildman–Crippen MR) is 147 cm³/mol. The zero-order valence-electron chi connectivity index (χ0n) is 20.7. The number of Topliss-reactive ketones (excluding diaryl/α,β-unsaturated/α-hetero) is 1.